The van der Waals surface area contributed by atoms with Crippen molar-refractivity contribution < 1.29 is 4.74 Å². The third kappa shape index (κ3) is 3.51. The van der Waals surface area contributed by atoms with Crippen molar-refractivity contribution >= 4 is 44.5 Å². The number of anilines is 2. The third-order valence-electron chi connectivity index (χ3n) is 3.02. The van der Waals surface area contributed by atoms with Gasteiger partial charge in [-0.15, -0.1) is 0 Å². The highest BCUT2D eigenvalue weighted by molar-refractivity contribution is 9.10. The van der Waals surface area contributed by atoms with Crippen LogP contribution in [-0.2, 0) is 0 Å². The van der Waals surface area contributed by atoms with Crippen molar-refractivity contribution in [3.63, 3.8) is 0 Å². The minimum atomic E-state index is 0.321. The summed E-state index contributed by atoms with van der Waals surface area (Å²) < 4.78 is 6.17. The number of pyridine rings is 1. The molecule has 2 aromatic rings. The van der Waals surface area contributed by atoms with Crippen molar-refractivity contribution in [3.05, 3.63) is 45.7 Å². The number of nitrogens with zero attached hydrogens (tertiary/aromatic N) is 1. The van der Waals surface area contributed by atoms with Crippen LogP contribution >= 0.6 is 28.1 Å². The van der Waals surface area contributed by atoms with Crippen LogP contribution in [0.25, 0.3) is 0 Å². The molecule has 0 saturated heterocycles. The predicted molar refractivity (Wildman–Crippen MR) is 93.6 cm³/mol. The summed E-state index contributed by atoms with van der Waals surface area (Å²) in [6, 6.07) is 7.63. The molecule has 0 aliphatic rings. The zero-order valence-corrected chi connectivity index (χ0v) is 14.4. The molecule has 21 heavy (non-hydrogen) atoms. The summed E-state index contributed by atoms with van der Waals surface area (Å²) in [5, 5.41) is 3.34. The second-order valence-electron chi connectivity index (χ2n) is 4.61. The summed E-state index contributed by atoms with van der Waals surface area (Å²) >= 11 is 8.66. The Morgan fingerprint density at radius 3 is 2.62 bits per heavy atom. The average Bonchev–Trinajstić information content (AvgIpc) is 2.40. The van der Waals surface area contributed by atoms with Crippen LogP contribution < -0.4 is 15.8 Å². The van der Waals surface area contributed by atoms with E-state index in [-0.39, 0.29) is 0 Å². The lowest BCUT2D eigenvalue weighted by Crippen LogP contribution is -2.15. The van der Waals surface area contributed by atoms with Crippen LogP contribution in [0.5, 0.6) is 5.75 Å². The summed E-state index contributed by atoms with van der Waals surface area (Å²) in [6.07, 6.45) is 0. The van der Waals surface area contributed by atoms with E-state index in [2.05, 4.69) is 26.2 Å². The molecular weight excluding hydrogens is 350 g/mol. The molecule has 0 aliphatic carbocycles. The monoisotopic (exact) mass is 365 g/mol. The molecule has 0 amide bonds. The maximum absolute atomic E-state index is 5.83. The number of hydrogen-bond donors (Lipinski definition) is 2. The molecule has 0 unspecified atom stereocenters. The largest absolute Gasteiger partial charge is 0.497 e. The van der Waals surface area contributed by atoms with E-state index in [1.807, 2.05) is 38.1 Å². The molecule has 0 bridgehead atoms. The number of benzene rings is 1. The Kier molecular flexibility index (Phi) is 4.80. The number of halogens is 1. The molecule has 3 N–H and O–H groups in total. The average molecular weight is 366 g/mol. The maximum Gasteiger partial charge on any atom is 0.121 e. The van der Waals surface area contributed by atoms with Crippen LogP contribution in [0.2, 0.25) is 0 Å². The number of aromatic nitrogens is 1. The Labute approximate surface area is 137 Å². The predicted octanol–water partition coefficient (Wildman–Crippen LogP) is 3.85. The first kappa shape index (κ1) is 15.7. The van der Waals surface area contributed by atoms with E-state index in [1.165, 1.54) is 0 Å². The van der Waals surface area contributed by atoms with Crippen molar-refractivity contribution in [3.8, 4) is 5.75 Å². The molecule has 1 aromatic carbocycles. The highest BCUT2D eigenvalue weighted by atomic mass is 79.9. The number of thiocarbonyl (C=S) groups is 1. The molecule has 4 nitrogen and oxygen atoms in total. The molecule has 110 valence electrons. The maximum atomic E-state index is 5.83. The number of aryl methyl sites for hydroxylation is 2. The van der Waals surface area contributed by atoms with Gasteiger partial charge in [-0.3, -0.25) is 4.98 Å². The number of ether oxygens (including phenoxy) is 1. The second kappa shape index (κ2) is 6.41. The number of rotatable bonds is 4. The van der Waals surface area contributed by atoms with Gasteiger partial charge in [0.15, 0.2) is 0 Å². The lowest BCUT2D eigenvalue weighted by atomic mass is 10.1. The van der Waals surface area contributed by atoms with E-state index < -0.39 is 0 Å². The Morgan fingerprint density at radius 1 is 1.29 bits per heavy atom. The molecule has 0 aliphatic heterocycles. The summed E-state index contributed by atoms with van der Waals surface area (Å²) in [5.74, 6) is 0.764. The van der Waals surface area contributed by atoms with Gasteiger partial charge in [0, 0.05) is 21.9 Å². The third-order valence-corrected chi connectivity index (χ3v) is 3.91. The topological polar surface area (TPSA) is 60.2 Å². The molecule has 0 radical (unpaired) electrons. The zero-order valence-electron chi connectivity index (χ0n) is 12.0. The van der Waals surface area contributed by atoms with Crippen LogP contribution in [-0.4, -0.2) is 17.1 Å². The highest BCUT2D eigenvalue weighted by Gasteiger charge is 2.13. The summed E-state index contributed by atoms with van der Waals surface area (Å²) in [5.41, 5.74) is 10.00. The summed E-state index contributed by atoms with van der Waals surface area (Å²) in [7, 11) is 1.63. The second-order valence-corrected chi connectivity index (χ2v) is 5.90. The van der Waals surface area contributed by atoms with Gasteiger partial charge in [0.2, 0.25) is 0 Å². The molecule has 0 spiro atoms. The lowest BCUT2D eigenvalue weighted by Gasteiger charge is -2.16. The summed E-state index contributed by atoms with van der Waals surface area (Å²) in [4.78, 5) is 4.73. The van der Waals surface area contributed by atoms with Crippen LogP contribution in [0.1, 0.15) is 17.0 Å². The van der Waals surface area contributed by atoms with Gasteiger partial charge < -0.3 is 15.8 Å². The molecule has 2 rings (SSSR count). The molecule has 6 heteroatoms. The minimum absolute atomic E-state index is 0.321. The van der Waals surface area contributed by atoms with Gasteiger partial charge in [0.05, 0.1) is 24.0 Å². The highest BCUT2D eigenvalue weighted by Crippen LogP contribution is 2.31. The van der Waals surface area contributed by atoms with Gasteiger partial charge in [0.25, 0.3) is 0 Å². The molecule has 0 atom stereocenters. The Hall–Kier alpha value is -1.66. The fourth-order valence-electron chi connectivity index (χ4n) is 2.11. The molecule has 1 aromatic heterocycles. The Morgan fingerprint density at radius 2 is 2.00 bits per heavy atom. The minimum Gasteiger partial charge on any atom is -0.497 e. The van der Waals surface area contributed by atoms with Gasteiger partial charge in [-0.25, -0.2) is 0 Å². The van der Waals surface area contributed by atoms with Crippen molar-refractivity contribution in [2.75, 3.05) is 12.4 Å². The summed E-state index contributed by atoms with van der Waals surface area (Å²) in [6.45, 7) is 3.83. The smallest absolute Gasteiger partial charge is 0.121 e. The number of hydrogen-bond acceptors (Lipinski definition) is 4. The van der Waals surface area contributed by atoms with E-state index in [0.29, 0.717) is 4.99 Å². The van der Waals surface area contributed by atoms with Crippen LogP contribution in [0, 0.1) is 13.8 Å². The molecular formula is C15H16BrN3OS. The van der Waals surface area contributed by atoms with E-state index >= 15 is 0 Å². The zero-order chi connectivity index (χ0) is 15.6. The molecule has 1 heterocycles. The first-order chi connectivity index (χ1) is 9.92. The first-order valence-electron chi connectivity index (χ1n) is 6.31. The number of nitrogens with two attached hydrogens (primary N) is 1. The lowest BCUT2D eigenvalue weighted by molar-refractivity contribution is 0.415. The standard InChI is InChI=1S/C15H16BrN3OS/c1-8-6-13(14(15(17)21)9(2)18-8)19-12-7-10(20-3)4-5-11(12)16/h4-7H,1-3H3,(H2,17,21)(H,18,19). The number of nitrogens with one attached hydrogen (secondary N) is 1. The van der Waals surface area contributed by atoms with Crippen molar-refractivity contribution in [1.82, 2.24) is 4.98 Å². The normalized spacial score (nSPS) is 10.3. The van der Waals surface area contributed by atoms with E-state index in [1.54, 1.807) is 7.11 Å². The first-order valence-corrected chi connectivity index (χ1v) is 7.51. The molecule has 0 fully saturated rings. The van der Waals surface area contributed by atoms with Crippen LogP contribution in [0.3, 0.4) is 0 Å². The Bertz CT molecular complexity index is 704. The fourth-order valence-corrected chi connectivity index (χ4v) is 2.71. The van der Waals surface area contributed by atoms with Gasteiger partial charge in [-0.1, -0.05) is 12.2 Å². The van der Waals surface area contributed by atoms with E-state index in [9.17, 15) is 0 Å². The number of methoxy groups -OCH3 is 1. The van der Waals surface area contributed by atoms with Crippen molar-refractivity contribution in [2.24, 2.45) is 5.73 Å². The Balaban J connectivity index is 2.51. The van der Waals surface area contributed by atoms with Gasteiger partial charge >= 0.3 is 0 Å². The van der Waals surface area contributed by atoms with Gasteiger partial charge in [0.1, 0.15) is 10.7 Å². The van der Waals surface area contributed by atoms with Crippen LogP contribution in [0.15, 0.2) is 28.7 Å². The van der Waals surface area contributed by atoms with E-state index in [4.69, 9.17) is 22.7 Å². The van der Waals surface area contributed by atoms with Crippen molar-refractivity contribution in [2.45, 2.75) is 13.8 Å². The van der Waals surface area contributed by atoms with E-state index in [0.717, 1.165) is 38.5 Å². The van der Waals surface area contributed by atoms with Crippen molar-refractivity contribution in [1.29, 1.82) is 0 Å². The van der Waals surface area contributed by atoms with Gasteiger partial charge in [-0.05, 0) is 48.0 Å². The quantitative estimate of drug-likeness (QED) is 0.805. The van der Waals surface area contributed by atoms with Gasteiger partial charge in [-0.2, -0.15) is 0 Å². The van der Waals surface area contributed by atoms with Crippen LogP contribution in [0.4, 0.5) is 11.4 Å². The molecule has 0 saturated carbocycles. The fraction of sp³-hybridized carbons (Fsp3) is 0.200. The SMILES string of the molecule is COc1ccc(Br)c(Nc2cc(C)nc(C)c2C(N)=S)c1.